The second-order valence-electron chi connectivity index (χ2n) is 14.7. The van der Waals surface area contributed by atoms with Crippen LogP contribution in [0.15, 0.2) is 54.6 Å². The molecule has 0 unspecified atom stereocenters. The summed E-state index contributed by atoms with van der Waals surface area (Å²) in [6.07, 6.45) is 2.25. The van der Waals surface area contributed by atoms with Gasteiger partial charge >= 0.3 is 0 Å². The van der Waals surface area contributed by atoms with Gasteiger partial charge < -0.3 is 30.7 Å². The summed E-state index contributed by atoms with van der Waals surface area (Å²) in [5.74, 6) is 0.0461. The van der Waals surface area contributed by atoms with E-state index in [1.54, 1.807) is 6.92 Å². The van der Waals surface area contributed by atoms with E-state index in [2.05, 4.69) is 45.2 Å². The molecule has 1 fully saturated rings. The number of carbonyl (C=O) groups is 4. The normalized spacial score (nSPS) is 22.6. The summed E-state index contributed by atoms with van der Waals surface area (Å²) in [7, 11) is 0. The maximum Gasteiger partial charge on any atom is 0.243 e. The fraction of sp³-hybridized carbons (Fsp3) is 0.538. The standard InChI is InChI=1S/C39H53N7O6/c1-24(2)19-30-23-52-31-13-11-28(12-14-31)21-32(42-37(48)29-15-17-51-18-16-29)38(49)43-33(20-27-9-7-6-8-10-27)39(50)44-35(25(3)4)36-40-26(5)45-46(36)22-34(47)41-30/h6-14,24-25,29-30,32-33,35H,15-23H2,1-5H3,(H,41,47)(H,42,48)(H,43,49)(H,44,50)/t30-,32+,33-,35-/m0/s1. The van der Waals surface area contributed by atoms with Gasteiger partial charge in [0.2, 0.25) is 23.6 Å². The molecule has 0 spiro atoms. The van der Waals surface area contributed by atoms with Crippen molar-refractivity contribution in [1.82, 2.24) is 36.0 Å². The van der Waals surface area contributed by atoms with Crippen LogP contribution < -0.4 is 26.0 Å². The first-order valence-corrected chi connectivity index (χ1v) is 18.4. The number of hydrogen-bond acceptors (Lipinski definition) is 8. The first-order valence-electron chi connectivity index (χ1n) is 18.4. The smallest absolute Gasteiger partial charge is 0.243 e. The highest BCUT2D eigenvalue weighted by Crippen LogP contribution is 2.22. The fourth-order valence-corrected chi connectivity index (χ4v) is 6.69. The van der Waals surface area contributed by atoms with Crippen molar-refractivity contribution in [2.24, 2.45) is 17.8 Å². The highest BCUT2D eigenvalue weighted by atomic mass is 16.5. The molecule has 3 aromatic rings. The van der Waals surface area contributed by atoms with Crippen LogP contribution in [-0.4, -0.2) is 76.3 Å². The van der Waals surface area contributed by atoms with Gasteiger partial charge in [-0.2, -0.15) is 5.10 Å². The molecule has 13 heteroatoms. The molecular weight excluding hydrogens is 662 g/mol. The van der Waals surface area contributed by atoms with Crippen LogP contribution in [0.2, 0.25) is 0 Å². The Morgan fingerprint density at radius 2 is 1.65 bits per heavy atom. The molecule has 1 saturated heterocycles. The fourth-order valence-electron chi connectivity index (χ4n) is 6.69. The number of rotatable bonds is 7. The van der Waals surface area contributed by atoms with Crippen LogP contribution in [0.25, 0.3) is 0 Å². The average molecular weight is 716 g/mol. The molecule has 0 radical (unpaired) electrons. The number of nitrogens with zero attached hydrogens (tertiary/aromatic N) is 3. The van der Waals surface area contributed by atoms with E-state index in [0.717, 1.165) is 11.1 Å². The second kappa shape index (κ2) is 18.1. The van der Waals surface area contributed by atoms with E-state index in [-0.39, 0.29) is 55.7 Å². The number of aryl methyl sites for hydroxylation is 1. The minimum atomic E-state index is -0.988. The SMILES string of the molecule is Cc1nc2n(n1)CC(=O)N[C@@H](CC(C)C)COc1ccc(cc1)C[C@@H](NC(=O)C1CCOCC1)C(=O)N[C@@H](Cc1ccccc1)C(=O)N[C@H]2C(C)C. The number of amides is 4. The summed E-state index contributed by atoms with van der Waals surface area (Å²) in [5, 5.41) is 16.7. The van der Waals surface area contributed by atoms with E-state index in [4.69, 9.17) is 9.47 Å². The number of aromatic nitrogens is 3. The Morgan fingerprint density at radius 3 is 2.33 bits per heavy atom. The third kappa shape index (κ3) is 10.9. The largest absolute Gasteiger partial charge is 0.491 e. The predicted molar refractivity (Wildman–Crippen MR) is 195 cm³/mol. The molecule has 3 aliphatic heterocycles. The molecule has 4 amide bonds. The van der Waals surface area contributed by atoms with E-state index in [1.807, 2.05) is 68.4 Å². The highest BCUT2D eigenvalue weighted by Gasteiger charge is 2.33. The van der Waals surface area contributed by atoms with E-state index in [9.17, 15) is 19.2 Å². The molecule has 0 saturated carbocycles. The van der Waals surface area contributed by atoms with Crippen LogP contribution in [0.4, 0.5) is 0 Å². The van der Waals surface area contributed by atoms with E-state index >= 15 is 0 Å². The van der Waals surface area contributed by atoms with Crippen LogP contribution in [0.1, 0.15) is 75.8 Å². The third-order valence-corrected chi connectivity index (χ3v) is 9.42. The van der Waals surface area contributed by atoms with Crippen molar-refractivity contribution >= 4 is 23.6 Å². The van der Waals surface area contributed by atoms with E-state index in [0.29, 0.717) is 55.8 Å². The number of fused-ring (bicyclic) bond motifs is 14. The zero-order valence-corrected chi connectivity index (χ0v) is 30.9. The molecule has 2 bridgehead atoms. The van der Waals surface area contributed by atoms with Gasteiger partial charge in [-0.1, -0.05) is 70.2 Å². The van der Waals surface area contributed by atoms with Crippen molar-refractivity contribution in [3.05, 3.63) is 77.4 Å². The Balaban J connectivity index is 1.51. The Morgan fingerprint density at radius 1 is 0.942 bits per heavy atom. The van der Waals surface area contributed by atoms with E-state index in [1.165, 1.54) is 4.68 Å². The van der Waals surface area contributed by atoms with Gasteiger partial charge in [0.25, 0.3) is 0 Å². The average Bonchev–Trinajstić information content (AvgIpc) is 3.47. The molecule has 52 heavy (non-hydrogen) atoms. The Kier molecular flexibility index (Phi) is 13.4. The van der Waals surface area contributed by atoms with Crippen LogP contribution in [0, 0.1) is 24.7 Å². The molecule has 2 aromatic carbocycles. The van der Waals surface area contributed by atoms with Gasteiger partial charge in [0.1, 0.15) is 36.8 Å². The summed E-state index contributed by atoms with van der Waals surface area (Å²) in [6, 6.07) is 14.0. The maximum atomic E-state index is 14.3. The molecule has 13 nitrogen and oxygen atoms in total. The number of ether oxygens (including phenoxy) is 2. The molecule has 4 atom stereocenters. The molecular formula is C39H53N7O6. The first kappa shape index (κ1) is 38.5. The van der Waals surface area contributed by atoms with Gasteiger partial charge in [-0.25, -0.2) is 9.67 Å². The monoisotopic (exact) mass is 715 g/mol. The third-order valence-electron chi connectivity index (χ3n) is 9.42. The summed E-state index contributed by atoms with van der Waals surface area (Å²) in [5.41, 5.74) is 1.66. The van der Waals surface area contributed by atoms with Gasteiger partial charge in [0.15, 0.2) is 5.82 Å². The second-order valence-corrected chi connectivity index (χ2v) is 14.7. The van der Waals surface area contributed by atoms with Crippen LogP contribution in [-0.2, 0) is 43.3 Å². The molecule has 0 aliphatic carbocycles. The molecule has 3 aliphatic rings. The molecule has 4 heterocycles. The molecule has 6 rings (SSSR count). The van der Waals surface area contributed by atoms with Crippen LogP contribution >= 0.6 is 0 Å². The minimum absolute atomic E-state index is 0.1000. The van der Waals surface area contributed by atoms with Crippen molar-refractivity contribution in [3.63, 3.8) is 0 Å². The number of benzene rings is 2. The van der Waals surface area contributed by atoms with Gasteiger partial charge in [-0.05, 0) is 61.3 Å². The topological polar surface area (TPSA) is 166 Å². The highest BCUT2D eigenvalue weighted by molar-refractivity contribution is 5.93. The van der Waals surface area contributed by atoms with Crippen molar-refractivity contribution in [2.75, 3.05) is 19.8 Å². The van der Waals surface area contributed by atoms with Gasteiger partial charge in [0, 0.05) is 32.0 Å². The van der Waals surface area contributed by atoms with Gasteiger partial charge in [-0.3, -0.25) is 19.2 Å². The summed E-state index contributed by atoms with van der Waals surface area (Å²) < 4.78 is 13.1. The van der Waals surface area contributed by atoms with Gasteiger partial charge in [0.05, 0.1) is 12.1 Å². The van der Waals surface area contributed by atoms with Crippen molar-refractivity contribution < 1.29 is 28.7 Å². The zero-order chi connectivity index (χ0) is 37.2. The number of nitrogens with one attached hydrogen (secondary N) is 4. The lowest BCUT2D eigenvalue weighted by molar-refractivity contribution is -0.134. The summed E-state index contributed by atoms with van der Waals surface area (Å²) in [6.45, 7) is 11.0. The molecule has 280 valence electrons. The van der Waals surface area contributed by atoms with Crippen molar-refractivity contribution in [1.29, 1.82) is 0 Å². The van der Waals surface area contributed by atoms with Crippen molar-refractivity contribution in [3.8, 4) is 5.75 Å². The zero-order valence-electron chi connectivity index (χ0n) is 30.9. The van der Waals surface area contributed by atoms with E-state index < -0.39 is 29.9 Å². The summed E-state index contributed by atoms with van der Waals surface area (Å²) in [4.78, 5) is 60.1. The predicted octanol–water partition coefficient (Wildman–Crippen LogP) is 3.20. The number of hydrogen-bond donors (Lipinski definition) is 4. The summed E-state index contributed by atoms with van der Waals surface area (Å²) >= 11 is 0. The molecule has 1 aromatic heterocycles. The lowest BCUT2D eigenvalue weighted by atomic mass is 9.97. The Hall–Kier alpha value is -4.78. The maximum absolute atomic E-state index is 14.3. The van der Waals surface area contributed by atoms with Crippen molar-refractivity contribution in [2.45, 2.75) is 97.4 Å². The minimum Gasteiger partial charge on any atom is -0.491 e. The first-order chi connectivity index (χ1) is 24.9. The quantitative estimate of drug-likeness (QED) is 0.290. The van der Waals surface area contributed by atoms with Gasteiger partial charge in [-0.15, -0.1) is 0 Å². The number of carbonyl (C=O) groups excluding carboxylic acids is 4. The Bertz CT molecular complexity index is 1650. The van der Waals surface area contributed by atoms with Crippen LogP contribution in [0.3, 0.4) is 0 Å². The molecule has 4 N–H and O–H groups in total. The Labute approximate surface area is 306 Å². The lowest BCUT2D eigenvalue weighted by Gasteiger charge is -2.28. The van der Waals surface area contributed by atoms with Crippen LogP contribution in [0.5, 0.6) is 5.75 Å². The lowest BCUT2D eigenvalue weighted by Crippen LogP contribution is -2.56.